The Kier molecular flexibility index (Phi) is 6.13. The van der Waals surface area contributed by atoms with E-state index in [2.05, 4.69) is 11.1 Å². The van der Waals surface area contributed by atoms with Gasteiger partial charge in [-0.1, -0.05) is 71.9 Å². The first-order valence-electron chi connectivity index (χ1n) is 10.5. The predicted octanol–water partition coefficient (Wildman–Crippen LogP) is 6.76. The molecule has 0 aliphatic heterocycles. The van der Waals surface area contributed by atoms with E-state index in [1.165, 1.54) is 11.8 Å². The van der Waals surface area contributed by atoms with Crippen molar-refractivity contribution in [1.29, 1.82) is 5.26 Å². The van der Waals surface area contributed by atoms with Crippen molar-refractivity contribution >= 4 is 40.1 Å². The maximum absolute atomic E-state index is 9.01. The van der Waals surface area contributed by atoms with Gasteiger partial charge in [0.05, 0.1) is 33.6 Å². The van der Waals surface area contributed by atoms with Crippen LogP contribution in [-0.4, -0.2) is 15.0 Å². The summed E-state index contributed by atoms with van der Waals surface area (Å²) in [6, 6.07) is 27.2. The molecule has 2 aromatic heterocycles. The lowest BCUT2D eigenvalue weighted by molar-refractivity contribution is 1.08. The summed E-state index contributed by atoms with van der Waals surface area (Å²) in [6.07, 6.45) is 1.73. The summed E-state index contributed by atoms with van der Waals surface area (Å²) in [5.41, 5.74) is 12.0. The van der Waals surface area contributed by atoms with E-state index >= 15 is 0 Å². The molecule has 0 radical (unpaired) electrons. The van der Waals surface area contributed by atoms with E-state index < -0.39 is 0 Å². The molecule has 2 N–H and O–H groups in total. The molecule has 0 amide bonds. The number of hydrogen-bond acceptors (Lipinski definition) is 6. The molecular weight excluding hydrogens is 462 g/mol. The van der Waals surface area contributed by atoms with Crippen LogP contribution in [0.1, 0.15) is 11.1 Å². The van der Waals surface area contributed by atoms with E-state index in [4.69, 9.17) is 32.6 Å². The van der Waals surface area contributed by atoms with Gasteiger partial charge < -0.3 is 5.73 Å². The molecule has 3 aromatic carbocycles. The van der Waals surface area contributed by atoms with Crippen LogP contribution in [0.5, 0.6) is 0 Å². The first-order valence-corrected chi connectivity index (χ1v) is 11.9. The summed E-state index contributed by atoms with van der Waals surface area (Å²) in [6.45, 7) is 0. The topological polar surface area (TPSA) is 88.5 Å². The second-order valence-electron chi connectivity index (χ2n) is 7.61. The number of nitrogen functional groups attached to an aromatic ring is 1. The van der Waals surface area contributed by atoms with Gasteiger partial charge in [0, 0.05) is 28.5 Å². The molecule has 5 rings (SSSR count). The summed E-state index contributed by atoms with van der Waals surface area (Å²) in [5.74, 6) is 1.02. The number of hydrogen-bond donors (Lipinski definition) is 1. The number of nitrogens with two attached hydrogens (primary N) is 1. The van der Waals surface area contributed by atoms with Crippen molar-refractivity contribution in [2.45, 2.75) is 10.8 Å². The number of anilines is 1. The molecule has 0 unspecified atom stereocenters. The number of benzene rings is 3. The van der Waals surface area contributed by atoms with Crippen molar-refractivity contribution in [3.63, 3.8) is 0 Å². The second kappa shape index (κ2) is 9.52. The third-order valence-corrected chi connectivity index (χ3v) is 6.67. The average Bonchev–Trinajstić information content (AvgIpc) is 2.88. The largest absolute Gasteiger partial charge is 0.381 e. The molecule has 0 atom stereocenters. The normalized spacial score (nSPS) is 10.8. The number of thioether (sulfide) groups is 1. The van der Waals surface area contributed by atoms with Crippen LogP contribution in [0.3, 0.4) is 0 Å². The van der Waals surface area contributed by atoms with Crippen molar-refractivity contribution in [3.05, 3.63) is 101 Å². The zero-order valence-corrected chi connectivity index (χ0v) is 19.5. The highest BCUT2D eigenvalue weighted by Gasteiger charge is 2.17. The van der Waals surface area contributed by atoms with Gasteiger partial charge in [0.1, 0.15) is 5.03 Å². The van der Waals surface area contributed by atoms with Crippen molar-refractivity contribution in [2.75, 3.05) is 5.73 Å². The smallest absolute Gasteiger partial charge is 0.156 e. The molecule has 7 heteroatoms. The monoisotopic (exact) mass is 479 g/mol. The molecular formula is C27H18ClN5S. The molecule has 164 valence electrons. The lowest BCUT2D eigenvalue weighted by Crippen LogP contribution is -2.02. The lowest BCUT2D eigenvalue weighted by Gasteiger charge is -2.14. The summed E-state index contributed by atoms with van der Waals surface area (Å²) < 4.78 is 0. The summed E-state index contributed by atoms with van der Waals surface area (Å²) >= 11 is 8.09. The van der Waals surface area contributed by atoms with Crippen molar-refractivity contribution in [3.8, 4) is 28.6 Å². The van der Waals surface area contributed by atoms with Gasteiger partial charge in [-0.25, -0.2) is 9.97 Å². The van der Waals surface area contributed by atoms with Gasteiger partial charge in [0.15, 0.2) is 5.82 Å². The number of halogens is 1. The van der Waals surface area contributed by atoms with Gasteiger partial charge >= 0.3 is 0 Å². The van der Waals surface area contributed by atoms with E-state index in [0.29, 0.717) is 38.6 Å². The van der Waals surface area contributed by atoms with Crippen LogP contribution in [0.15, 0.2) is 90.1 Å². The minimum absolute atomic E-state index is 0.370. The minimum atomic E-state index is 0.370. The molecule has 2 heterocycles. The standard InChI is InChI=1S/C27H18ClN5S/c28-22-14-21(13-20-7-4-12-31-23(20)22)25-24(19-5-2-1-3-6-19)32-26(30)27(33-25)34-16-18-10-8-17(15-29)9-11-18/h1-14H,16H2,(H2,30,32). The van der Waals surface area contributed by atoms with Crippen LogP contribution in [0.4, 0.5) is 5.82 Å². The Morgan fingerprint density at radius 3 is 2.41 bits per heavy atom. The molecule has 34 heavy (non-hydrogen) atoms. The molecule has 0 fully saturated rings. The summed E-state index contributed by atoms with van der Waals surface area (Å²) in [7, 11) is 0. The fourth-order valence-corrected chi connectivity index (χ4v) is 4.77. The van der Waals surface area contributed by atoms with Gasteiger partial charge in [-0.3, -0.25) is 4.98 Å². The average molecular weight is 480 g/mol. The highest BCUT2D eigenvalue weighted by atomic mass is 35.5. The van der Waals surface area contributed by atoms with Crippen LogP contribution < -0.4 is 5.73 Å². The number of nitriles is 1. The van der Waals surface area contributed by atoms with Gasteiger partial charge in [-0.05, 0) is 35.9 Å². The van der Waals surface area contributed by atoms with Gasteiger partial charge in [0.2, 0.25) is 0 Å². The molecule has 0 bridgehead atoms. The third kappa shape index (κ3) is 4.44. The number of pyridine rings is 1. The van der Waals surface area contributed by atoms with E-state index in [-0.39, 0.29) is 0 Å². The second-order valence-corrected chi connectivity index (χ2v) is 8.98. The van der Waals surface area contributed by atoms with Crippen molar-refractivity contribution in [2.24, 2.45) is 0 Å². The van der Waals surface area contributed by atoms with Crippen LogP contribution in [0.2, 0.25) is 5.02 Å². The van der Waals surface area contributed by atoms with Crippen LogP contribution in [0.25, 0.3) is 33.4 Å². The number of rotatable bonds is 5. The Hall–Kier alpha value is -3.92. The Balaban J connectivity index is 1.60. The van der Waals surface area contributed by atoms with Crippen LogP contribution in [0, 0.1) is 11.3 Å². The van der Waals surface area contributed by atoms with Gasteiger partial charge in [-0.15, -0.1) is 0 Å². The highest BCUT2D eigenvalue weighted by Crippen LogP contribution is 2.37. The van der Waals surface area contributed by atoms with E-state index in [9.17, 15) is 0 Å². The predicted molar refractivity (Wildman–Crippen MR) is 138 cm³/mol. The first kappa shape index (κ1) is 21.9. The fourth-order valence-electron chi connectivity index (χ4n) is 3.65. The van der Waals surface area contributed by atoms with Gasteiger partial charge in [0.25, 0.3) is 0 Å². The van der Waals surface area contributed by atoms with Crippen molar-refractivity contribution < 1.29 is 0 Å². The molecule has 0 saturated carbocycles. The van der Waals surface area contributed by atoms with Crippen molar-refractivity contribution in [1.82, 2.24) is 15.0 Å². The van der Waals surface area contributed by atoms with Crippen LogP contribution >= 0.6 is 23.4 Å². The Morgan fingerprint density at radius 1 is 0.882 bits per heavy atom. The highest BCUT2D eigenvalue weighted by molar-refractivity contribution is 7.98. The zero-order valence-electron chi connectivity index (χ0n) is 17.9. The molecule has 0 aliphatic rings. The summed E-state index contributed by atoms with van der Waals surface area (Å²) in [4.78, 5) is 14.1. The SMILES string of the molecule is N#Cc1ccc(CSc2nc(-c3cc(Cl)c4ncccc4c3)c(-c3ccccc3)nc2N)cc1. The van der Waals surface area contributed by atoms with E-state index in [0.717, 1.165) is 27.6 Å². The van der Waals surface area contributed by atoms with E-state index in [1.807, 2.05) is 66.7 Å². The Labute approximate surface area is 206 Å². The Bertz CT molecular complexity index is 1530. The molecule has 0 spiro atoms. The number of aromatic nitrogens is 3. The lowest BCUT2D eigenvalue weighted by atomic mass is 10.0. The summed E-state index contributed by atoms with van der Waals surface area (Å²) in [5, 5.41) is 11.1. The molecule has 0 aliphatic carbocycles. The molecule has 0 saturated heterocycles. The third-order valence-electron chi connectivity index (χ3n) is 5.33. The quantitative estimate of drug-likeness (QED) is 0.280. The van der Waals surface area contributed by atoms with E-state index in [1.54, 1.807) is 18.3 Å². The zero-order chi connectivity index (χ0) is 23.5. The minimum Gasteiger partial charge on any atom is -0.381 e. The number of nitrogens with zero attached hydrogens (tertiary/aromatic N) is 4. The number of fused-ring (bicyclic) bond motifs is 1. The maximum atomic E-state index is 9.01. The molecule has 5 nitrogen and oxygen atoms in total. The van der Waals surface area contributed by atoms with Crippen LogP contribution in [-0.2, 0) is 5.75 Å². The fraction of sp³-hybridized carbons (Fsp3) is 0.0370. The first-order chi connectivity index (χ1) is 16.6. The Morgan fingerprint density at radius 2 is 1.65 bits per heavy atom. The molecule has 5 aromatic rings. The maximum Gasteiger partial charge on any atom is 0.156 e. The van der Waals surface area contributed by atoms with Gasteiger partial charge in [-0.2, -0.15) is 5.26 Å².